The minimum atomic E-state index is -0.321. The van der Waals surface area contributed by atoms with Crippen molar-refractivity contribution in [2.75, 3.05) is 6.54 Å². The predicted octanol–water partition coefficient (Wildman–Crippen LogP) is 1.93. The van der Waals surface area contributed by atoms with Gasteiger partial charge in [0.25, 0.3) is 0 Å². The number of pyridine rings is 1. The largest absolute Gasteiger partial charge is 0.352 e. The molecule has 2 amide bonds. The maximum absolute atomic E-state index is 12.6. The molecule has 1 atom stereocenters. The van der Waals surface area contributed by atoms with Crippen molar-refractivity contribution in [1.29, 1.82) is 0 Å². The number of benzene rings is 1. The Balaban J connectivity index is 1.33. The average molecular weight is 375 g/mol. The number of likely N-dealkylation sites (tertiary alicyclic amines) is 1. The van der Waals surface area contributed by atoms with Crippen molar-refractivity contribution in [2.24, 2.45) is 5.92 Å². The van der Waals surface area contributed by atoms with Crippen molar-refractivity contribution in [1.82, 2.24) is 25.0 Å². The summed E-state index contributed by atoms with van der Waals surface area (Å²) in [5, 5.41) is 7.18. The van der Waals surface area contributed by atoms with Gasteiger partial charge in [-0.05, 0) is 35.4 Å². The Kier molecular flexibility index (Phi) is 5.14. The third-order valence-electron chi connectivity index (χ3n) is 4.83. The van der Waals surface area contributed by atoms with E-state index in [0.717, 1.165) is 16.8 Å². The van der Waals surface area contributed by atoms with E-state index in [0.29, 0.717) is 19.6 Å². The Morgan fingerprint density at radius 2 is 2.04 bits per heavy atom. The van der Waals surface area contributed by atoms with Crippen LogP contribution in [0.2, 0.25) is 0 Å². The first-order valence-corrected chi connectivity index (χ1v) is 9.22. The molecule has 1 N–H and O–H groups in total. The van der Waals surface area contributed by atoms with Crippen molar-refractivity contribution in [3.05, 3.63) is 78.4 Å². The monoisotopic (exact) mass is 375 g/mol. The van der Waals surface area contributed by atoms with Gasteiger partial charge in [0.05, 0.1) is 11.6 Å². The van der Waals surface area contributed by atoms with E-state index in [1.165, 1.54) is 0 Å². The number of aromatic nitrogens is 3. The summed E-state index contributed by atoms with van der Waals surface area (Å²) in [6, 6.07) is 13.5. The van der Waals surface area contributed by atoms with Crippen molar-refractivity contribution in [3.63, 3.8) is 0 Å². The molecule has 7 heteroatoms. The normalized spacial score (nSPS) is 16.4. The molecule has 1 saturated heterocycles. The van der Waals surface area contributed by atoms with Gasteiger partial charge in [-0.3, -0.25) is 14.6 Å². The highest BCUT2D eigenvalue weighted by atomic mass is 16.2. The van der Waals surface area contributed by atoms with Crippen LogP contribution in [-0.2, 0) is 22.7 Å². The van der Waals surface area contributed by atoms with Gasteiger partial charge in [0.2, 0.25) is 11.8 Å². The number of carbonyl (C=O) groups is 2. The van der Waals surface area contributed by atoms with Crippen molar-refractivity contribution in [3.8, 4) is 5.69 Å². The molecule has 142 valence electrons. The number of hydrogen-bond donors (Lipinski definition) is 1. The van der Waals surface area contributed by atoms with Crippen LogP contribution in [0.15, 0.2) is 67.3 Å². The van der Waals surface area contributed by atoms with E-state index >= 15 is 0 Å². The predicted molar refractivity (Wildman–Crippen MR) is 103 cm³/mol. The zero-order valence-electron chi connectivity index (χ0n) is 15.4. The van der Waals surface area contributed by atoms with Crippen LogP contribution in [0.25, 0.3) is 5.69 Å². The lowest BCUT2D eigenvalue weighted by Gasteiger charge is -2.16. The number of carbonyl (C=O) groups excluding carboxylic acids is 2. The van der Waals surface area contributed by atoms with Crippen molar-refractivity contribution < 1.29 is 9.59 Å². The topological polar surface area (TPSA) is 80.1 Å². The van der Waals surface area contributed by atoms with Crippen LogP contribution < -0.4 is 5.32 Å². The number of nitrogens with one attached hydrogen (secondary N) is 1. The van der Waals surface area contributed by atoms with E-state index in [2.05, 4.69) is 15.4 Å². The molecule has 1 fully saturated rings. The molecule has 0 radical (unpaired) electrons. The van der Waals surface area contributed by atoms with Gasteiger partial charge in [-0.25, -0.2) is 4.68 Å². The van der Waals surface area contributed by atoms with Gasteiger partial charge in [-0.1, -0.05) is 18.2 Å². The van der Waals surface area contributed by atoms with Gasteiger partial charge in [-0.2, -0.15) is 5.10 Å². The zero-order chi connectivity index (χ0) is 19.3. The van der Waals surface area contributed by atoms with Crippen molar-refractivity contribution in [2.45, 2.75) is 19.5 Å². The van der Waals surface area contributed by atoms with Crippen LogP contribution >= 0.6 is 0 Å². The summed E-state index contributed by atoms with van der Waals surface area (Å²) in [7, 11) is 0. The summed E-state index contributed by atoms with van der Waals surface area (Å²) in [4.78, 5) is 30.6. The fraction of sp³-hybridized carbons (Fsp3) is 0.238. The summed E-state index contributed by atoms with van der Waals surface area (Å²) < 4.78 is 1.78. The lowest BCUT2D eigenvalue weighted by atomic mass is 10.1. The van der Waals surface area contributed by atoms with Crippen molar-refractivity contribution >= 4 is 11.8 Å². The first-order valence-electron chi connectivity index (χ1n) is 9.22. The molecular weight excluding hydrogens is 354 g/mol. The Bertz CT molecular complexity index is 956. The molecule has 28 heavy (non-hydrogen) atoms. The third-order valence-corrected chi connectivity index (χ3v) is 4.83. The summed E-state index contributed by atoms with van der Waals surface area (Å²) in [5.74, 6) is -0.408. The van der Waals surface area contributed by atoms with E-state index in [1.54, 1.807) is 28.2 Å². The molecule has 1 aliphatic rings. The molecule has 3 heterocycles. The second-order valence-electron chi connectivity index (χ2n) is 6.87. The van der Waals surface area contributed by atoms with Gasteiger partial charge in [-0.15, -0.1) is 0 Å². The van der Waals surface area contributed by atoms with Gasteiger partial charge >= 0.3 is 0 Å². The lowest BCUT2D eigenvalue weighted by molar-refractivity contribution is -0.129. The fourth-order valence-corrected chi connectivity index (χ4v) is 3.38. The molecule has 7 nitrogen and oxygen atoms in total. The van der Waals surface area contributed by atoms with Crippen LogP contribution in [0.5, 0.6) is 0 Å². The van der Waals surface area contributed by atoms with Gasteiger partial charge < -0.3 is 10.2 Å². The zero-order valence-corrected chi connectivity index (χ0v) is 15.4. The standard InChI is InChI=1S/C21H21N5O2/c27-20-11-18(15-25(20)14-17-5-2-7-22-12-17)21(28)23-13-16-4-1-6-19(10-16)26-9-3-8-24-26/h1-10,12,18H,11,13-15H2,(H,23,28). The maximum atomic E-state index is 12.6. The lowest BCUT2D eigenvalue weighted by Crippen LogP contribution is -2.32. The molecule has 1 unspecified atom stereocenters. The molecule has 1 aliphatic heterocycles. The van der Waals surface area contributed by atoms with E-state index < -0.39 is 0 Å². The van der Waals surface area contributed by atoms with Gasteiger partial charge in [0.1, 0.15) is 0 Å². The van der Waals surface area contributed by atoms with Crippen LogP contribution in [0, 0.1) is 5.92 Å². The second-order valence-corrected chi connectivity index (χ2v) is 6.87. The van der Waals surface area contributed by atoms with Crippen LogP contribution in [-0.4, -0.2) is 38.0 Å². The van der Waals surface area contributed by atoms with Gasteiger partial charge in [0.15, 0.2) is 0 Å². The summed E-state index contributed by atoms with van der Waals surface area (Å²) in [5.41, 5.74) is 2.89. The van der Waals surface area contributed by atoms with E-state index in [-0.39, 0.29) is 24.2 Å². The van der Waals surface area contributed by atoms with Crippen LogP contribution in [0.3, 0.4) is 0 Å². The highest BCUT2D eigenvalue weighted by molar-refractivity contribution is 5.89. The molecule has 4 rings (SSSR count). The second kappa shape index (κ2) is 8.04. The molecule has 0 bridgehead atoms. The Labute approximate surface area is 163 Å². The molecule has 0 aliphatic carbocycles. The SMILES string of the molecule is O=C(NCc1cccc(-n2cccn2)c1)C1CC(=O)N(Cc2cccnc2)C1. The Hall–Kier alpha value is -3.48. The number of hydrogen-bond acceptors (Lipinski definition) is 4. The van der Waals surface area contributed by atoms with Crippen LogP contribution in [0.4, 0.5) is 0 Å². The number of nitrogens with zero attached hydrogens (tertiary/aromatic N) is 4. The van der Waals surface area contributed by atoms with E-state index in [9.17, 15) is 9.59 Å². The molecular formula is C21H21N5O2. The van der Waals surface area contributed by atoms with E-state index in [1.807, 2.05) is 48.7 Å². The molecule has 1 aromatic carbocycles. The molecule has 0 saturated carbocycles. The number of rotatable bonds is 6. The molecule has 0 spiro atoms. The van der Waals surface area contributed by atoms with E-state index in [4.69, 9.17) is 0 Å². The summed E-state index contributed by atoms with van der Waals surface area (Å²) in [6.07, 6.45) is 7.29. The maximum Gasteiger partial charge on any atom is 0.225 e. The fourth-order valence-electron chi connectivity index (χ4n) is 3.38. The number of amides is 2. The third kappa shape index (κ3) is 4.09. The van der Waals surface area contributed by atoms with Crippen LogP contribution in [0.1, 0.15) is 17.5 Å². The quantitative estimate of drug-likeness (QED) is 0.714. The molecule has 2 aromatic heterocycles. The average Bonchev–Trinajstić information content (AvgIpc) is 3.38. The first kappa shape index (κ1) is 17.9. The summed E-state index contributed by atoms with van der Waals surface area (Å²) >= 11 is 0. The minimum Gasteiger partial charge on any atom is -0.352 e. The first-order chi connectivity index (χ1) is 13.7. The minimum absolute atomic E-state index is 0.00434. The summed E-state index contributed by atoms with van der Waals surface area (Å²) in [6.45, 7) is 1.34. The smallest absolute Gasteiger partial charge is 0.225 e. The Morgan fingerprint density at radius 1 is 1.14 bits per heavy atom. The highest BCUT2D eigenvalue weighted by Crippen LogP contribution is 2.20. The van der Waals surface area contributed by atoms with Gasteiger partial charge in [0, 0.05) is 50.8 Å². The highest BCUT2D eigenvalue weighted by Gasteiger charge is 2.34. The molecule has 3 aromatic rings. The Morgan fingerprint density at radius 3 is 2.82 bits per heavy atom.